The van der Waals surface area contributed by atoms with Crippen LogP contribution in [0.5, 0.6) is 5.75 Å². The molecule has 130 valence electrons. The van der Waals surface area contributed by atoms with Crippen molar-refractivity contribution < 1.29 is 9.53 Å². The second-order valence-corrected chi connectivity index (χ2v) is 7.07. The number of rotatable bonds is 6. The van der Waals surface area contributed by atoms with Crippen LogP contribution in [0.1, 0.15) is 24.3 Å². The lowest BCUT2D eigenvalue weighted by Gasteiger charge is -2.21. The standard InChI is InChI=1S/C19H19ClN2O2S/c1-3-24-16-6-7-18-14(10-16)9-15(19(20)21-18)11-22(13(2)23)12-17-5-4-8-25-17/h4-10H,3,11-12H2,1-2H3. The quantitative estimate of drug-likeness (QED) is 0.576. The summed E-state index contributed by atoms with van der Waals surface area (Å²) in [7, 11) is 0. The van der Waals surface area contributed by atoms with Crippen LogP contribution in [-0.2, 0) is 17.9 Å². The molecule has 2 aromatic heterocycles. The number of hydrogen-bond acceptors (Lipinski definition) is 4. The molecule has 4 nitrogen and oxygen atoms in total. The summed E-state index contributed by atoms with van der Waals surface area (Å²) in [5.74, 6) is 0.805. The van der Waals surface area contributed by atoms with Gasteiger partial charge in [0.25, 0.3) is 0 Å². The van der Waals surface area contributed by atoms with Crippen LogP contribution in [0.2, 0.25) is 5.15 Å². The van der Waals surface area contributed by atoms with Crippen LogP contribution in [0, 0.1) is 0 Å². The van der Waals surface area contributed by atoms with Crippen LogP contribution in [0.25, 0.3) is 10.9 Å². The summed E-state index contributed by atoms with van der Waals surface area (Å²) < 4.78 is 5.55. The highest BCUT2D eigenvalue weighted by Gasteiger charge is 2.14. The van der Waals surface area contributed by atoms with E-state index in [4.69, 9.17) is 16.3 Å². The molecule has 0 aliphatic carbocycles. The van der Waals surface area contributed by atoms with Gasteiger partial charge >= 0.3 is 0 Å². The molecule has 0 aliphatic rings. The second kappa shape index (κ2) is 7.85. The molecule has 0 spiro atoms. The predicted octanol–water partition coefficient (Wildman–Crippen LogP) is 4.90. The minimum atomic E-state index is 0.00707. The van der Waals surface area contributed by atoms with Crippen molar-refractivity contribution in [1.82, 2.24) is 9.88 Å². The average molecular weight is 375 g/mol. The normalized spacial score (nSPS) is 10.8. The van der Waals surface area contributed by atoms with Crippen molar-refractivity contribution >= 4 is 39.7 Å². The molecule has 0 fully saturated rings. The smallest absolute Gasteiger partial charge is 0.220 e. The van der Waals surface area contributed by atoms with Crippen LogP contribution in [0.4, 0.5) is 0 Å². The first-order valence-electron chi connectivity index (χ1n) is 8.06. The van der Waals surface area contributed by atoms with Crippen molar-refractivity contribution in [1.29, 1.82) is 0 Å². The van der Waals surface area contributed by atoms with E-state index in [-0.39, 0.29) is 5.91 Å². The summed E-state index contributed by atoms with van der Waals surface area (Å²) in [6.07, 6.45) is 0. The summed E-state index contributed by atoms with van der Waals surface area (Å²) in [5, 5.41) is 3.38. The Morgan fingerprint density at radius 1 is 1.28 bits per heavy atom. The molecule has 0 bridgehead atoms. The molecular formula is C19H19ClN2O2S. The van der Waals surface area contributed by atoms with Crippen molar-refractivity contribution in [2.75, 3.05) is 6.61 Å². The van der Waals surface area contributed by atoms with E-state index >= 15 is 0 Å². The van der Waals surface area contributed by atoms with Gasteiger partial charge in [0.05, 0.1) is 18.7 Å². The van der Waals surface area contributed by atoms with E-state index in [0.717, 1.165) is 27.1 Å². The Labute approximate surface area is 156 Å². The summed E-state index contributed by atoms with van der Waals surface area (Å²) >= 11 is 7.99. The zero-order valence-electron chi connectivity index (χ0n) is 14.2. The molecule has 3 aromatic rings. The molecule has 1 amide bonds. The number of halogens is 1. The second-order valence-electron chi connectivity index (χ2n) is 5.68. The fourth-order valence-corrected chi connectivity index (χ4v) is 3.54. The number of carbonyl (C=O) groups is 1. The van der Waals surface area contributed by atoms with Gasteiger partial charge in [-0.25, -0.2) is 4.98 Å². The lowest BCUT2D eigenvalue weighted by atomic mass is 10.1. The number of aromatic nitrogens is 1. The number of carbonyl (C=O) groups excluding carboxylic acids is 1. The Hall–Kier alpha value is -2.11. The molecule has 6 heteroatoms. The molecule has 25 heavy (non-hydrogen) atoms. The minimum absolute atomic E-state index is 0.00707. The lowest BCUT2D eigenvalue weighted by Crippen LogP contribution is -2.27. The monoisotopic (exact) mass is 374 g/mol. The maximum Gasteiger partial charge on any atom is 0.220 e. The molecule has 2 heterocycles. The lowest BCUT2D eigenvalue weighted by molar-refractivity contribution is -0.130. The third-order valence-corrected chi connectivity index (χ3v) is 5.05. The highest BCUT2D eigenvalue weighted by atomic mass is 35.5. The number of ether oxygens (including phenoxy) is 1. The summed E-state index contributed by atoms with van der Waals surface area (Å²) in [6, 6.07) is 11.7. The summed E-state index contributed by atoms with van der Waals surface area (Å²) in [5.41, 5.74) is 1.64. The number of thiophene rings is 1. The number of nitrogens with zero attached hydrogens (tertiary/aromatic N) is 2. The maximum absolute atomic E-state index is 12.0. The molecule has 0 N–H and O–H groups in total. The zero-order valence-corrected chi connectivity index (χ0v) is 15.7. The summed E-state index contributed by atoms with van der Waals surface area (Å²) in [6.45, 7) is 5.13. The van der Waals surface area contributed by atoms with E-state index in [9.17, 15) is 4.79 Å². The van der Waals surface area contributed by atoms with E-state index in [1.807, 2.05) is 48.7 Å². The first-order valence-corrected chi connectivity index (χ1v) is 9.32. The van der Waals surface area contributed by atoms with E-state index in [2.05, 4.69) is 4.98 Å². The Kier molecular flexibility index (Phi) is 5.56. The zero-order chi connectivity index (χ0) is 17.8. The fourth-order valence-electron chi connectivity index (χ4n) is 2.62. The van der Waals surface area contributed by atoms with Crippen molar-refractivity contribution in [3.05, 3.63) is 57.4 Å². The molecule has 1 aromatic carbocycles. The van der Waals surface area contributed by atoms with E-state index in [1.165, 1.54) is 0 Å². The van der Waals surface area contributed by atoms with Crippen LogP contribution in [0.3, 0.4) is 0 Å². The summed E-state index contributed by atoms with van der Waals surface area (Å²) in [4.78, 5) is 19.4. The third-order valence-electron chi connectivity index (χ3n) is 3.86. The van der Waals surface area contributed by atoms with Gasteiger partial charge in [0.2, 0.25) is 5.91 Å². The number of fused-ring (bicyclic) bond motifs is 1. The predicted molar refractivity (Wildman–Crippen MR) is 102 cm³/mol. The average Bonchev–Trinajstić information content (AvgIpc) is 3.08. The number of pyridine rings is 1. The minimum Gasteiger partial charge on any atom is -0.494 e. The van der Waals surface area contributed by atoms with Crippen LogP contribution in [-0.4, -0.2) is 22.4 Å². The van der Waals surface area contributed by atoms with Crippen molar-refractivity contribution in [3.8, 4) is 5.75 Å². The van der Waals surface area contributed by atoms with Gasteiger partial charge in [-0.1, -0.05) is 17.7 Å². The number of benzene rings is 1. The van der Waals surface area contributed by atoms with Gasteiger partial charge in [0.15, 0.2) is 0 Å². The van der Waals surface area contributed by atoms with Gasteiger partial charge in [-0.15, -0.1) is 11.3 Å². The molecule has 0 saturated carbocycles. The molecule has 0 radical (unpaired) electrons. The Morgan fingerprint density at radius 3 is 2.80 bits per heavy atom. The maximum atomic E-state index is 12.0. The van der Waals surface area contributed by atoms with Crippen LogP contribution < -0.4 is 4.74 Å². The van der Waals surface area contributed by atoms with Crippen LogP contribution in [0.15, 0.2) is 41.8 Å². The van der Waals surface area contributed by atoms with Gasteiger partial charge in [-0.05, 0) is 42.6 Å². The first-order chi connectivity index (χ1) is 12.1. The largest absolute Gasteiger partial charge is 0.494 e. The topological polar surface area (TPSA) is 42.4 Å². The molecule has 0 saturated heterocycles. The molecular weight excluding hydrogens is 356 g/mol. The Balaban J connectivity index is 1.89. The van der Waals surface area contributed by atoms with E-state index in [1.54, 1.807) is 23.2 Å². The third kappa shape index (κ3) is 4.30. The molecule has 3 rings (SSSR count). The Bertz CT molecular complexity index is 881. The van der Waals surface area contributed by atoms with Crippen molar-refractivity contribution in [3.63, 3.8) is 0 Å². The first kappa shape index (κ1) is 17.7. The molecule has 0 atom stereocenters. The van der Waals surface area contributed by atoms with Crippen molar-refractivity contribution in [2.24, 2.45) is 0 Å². The SMILES string of the molecule is CCOc1ccc2nc(Cl)c(CN(Cc3cccs3)C(C)=O)cc2c1. The van der Waals surface area contributed by atoms with Crippen molar-refractivity contribution in [2.45, 2.75) is 26.9 Å². The van der Waals surface area contributed by atoms with Gasteiger partial charge in [0, 0.05) is 29.3 Å². The highest BCUT2D eigenvalue weighted by molar-refractivity contribution is 7.09. The highest BCUT2D eigenvalue weighted by Crippen LogP contribution is 2.26. The van der Waals surface area contributed by atoms with Gasteiger partial charge in [-0.2, -0.15) is 0 Å². The van der Waals surface area contributed by atoms with Gasteiger partial charge in [0.1, 0.15) is 10.9 Å². The number of hydrogen-bond donors (Lipinski definition) is 0. The van der Waals surface area contributed by atoms with Gasteiger partial charge < -0.3 is 9.64 Å². The van der Waals surface area contributed by atoms with Gasteiger partial charge in [-0.3, -0.25) is 4.79 Å². The molecule has 0 unspecified atom stereocenters. The molecule has 0 aliphatic heterocycles. The van der Waals surface area contributed by atoms with E-state index in [0.29, 0.717) is 24.8 Å². The number of amides is 1. The van der Waals surface area contributed by atoms with E-state index < -0.39 is 0 Å². The fraction of sp³-hybridized carbons (Fsp3) is 0.263. The Morgan fingerprint density at radius 2 is 2.12 bits per heavy atom. The van der Waals surface area contributed by atoms with Crippen LogP contribution >= 0.6 is 22.9 Å².